The predicted molar refractivity (Wildman–Crippen MR) is 58.0 cm³/mol. The summed E-state index contributed by atoms with van der Waals surface area (Å²) in [7, 11) is 1.79. The van der Waals surface area contributed by atoms with E-state index in [4.69, 9.17) is 4.52 Å². The molecule has 1 aromatic heterocycles. The third-order valence-corrected chi connectivity index (χ3v) is 1.65. The van der Waals surface area contributed by atoms with Crippen LogP contribution in [0.15, 0.2) is 45.7 Å². The first-order chi connectivity index (χ1) is 6.34. The van der Waals surface area contributed by atoms with Gasteiger partial charge in [0.1, 0.15) is 0 Å². The van der Waals surface area contributed by atoms with Crippen LogP contribution in [0.2, 0.25) is 0 Å². The van der Waals surface area contributed by atoms with E-state index in [-0.39, 0.29) is 16.5 Å². The average Bonchev–Trinajstić information content (AvgIpc) is 2.53. The molecule has 0 bridgehead atoms. The van der Waals surface area contributed by atoms with Crippen molar-refractivity contribution < 1.29 is 15.5 Å². The topological polar surface area (TPSA) is 109 Å². The molecule has 0 saturated carbocycles. The fourth-order valence-electron chi connectivity index (χ4n) is 1.08. The first-order valence-corrected chi connectivity index (χ1v) is 3.93. The molecule has 0 aliphatic heterocycles. The third-order valence-electron chi connectivity index (χ3n) is 1.65. The lowest BCUT2D eigenvalue weighted by molar-refractivity contribution is 0.438. The summed E-state index contributed by atoms with van der Waals surface area (Å²) in [6, 6.07) is 11.1. The minimum absolute atomic E-state index is 0. The van der Waals surface area contributed by atoms with Crippen molar-refractivity contribution in [2.45, 2.75) is 0 Å². The van der Waals surface area contributed by atoms with E-state index in [0.29, 0.717) is 5.66 Å². The molecule has 0 aliphatic rings. The van der Waals surface area contributed by atoms with Crippen molar-refractivity contribution >= 4 is 18.4 Å². The minimum atomic E-state index is -0.220. The molecular weight excluding hydrogens is 197 g/mol. The molecule has 0 fully saturated rings. The minimum Gasteiger partial charge on any atom is -0.412 e. The molecule has 6 heteroatoms. The molecule has 15 heavy (non-hydrogen) atoms. The van der Waals surface area contributed by atoms with Gasteiger partial charge in [0, 0.05) is 6.07 Å². The van der Waals surface area contributed by atoms with E-state index >= 15 is 0 Å². The summed E-state index contributed by atoms with van der Waals surface area (Å²) in [4.78, 5) is 10.7. The molecule has 5 nitrogen and oxygen atoms in total. The second kappa shape index (κ2) is 5.84. The summed E-state index contributed by atoms with van der Waals surface area (Å²) in [5.41, 5.74) is 1.32. The van der Waals surface area contributed by atoms with E-state index in [1.165, 1.54) is 6.07 Å². The number of benzene rings is 1. The van der Waals surface area contributed by atoms with Gasteiger partial charge in [-0.3, -0.25) is 4.79 Å². The van der Waals surface area contributed by atoms with Gasteiger partial charge in [0.25, 0.3) is 5.56 Å². The highest BCUT2D eigenvalue weighted by Gasteiger charge is 2.02. The van der Waals surface area contributed by atoms with Gasteiger partial charge in [-0.15, -0.1) is 0 Å². The van der Waals surface area contributed by atoms with Gasteiger partial charge < -0.3 is 15.5 Å². The van der Waals surface area contributed by atoms with Crippen LogP contribution in [-0.2, 0) is 0 Å². The standard InChI is InChI=1S/C9H7BNO2.2H2O/c12-9-6-8(13-11-9)10-7-4-2-1-3-5-7;;/h1-6H,(H,11,12);2*1H2. The van der Waals surface area contributed by atoms with E-state index in [9.17, 15) is 4.79 Å². The second-order valence-corrected chi connectivity index (χ2v) is 2.67. The van der Waals surface area contributed by atoms with Gasteiger partial charge in [-0.2, -0.15) is 5.16 Å². The lowest BCUT2D eigenvalue weighted by Gasteiger charge is -1.92. The number of aromatic nitrogens is 1. The Morgan fingerprint density at radius 1 is 1.13 bits per heavy atom. The lowest BCUT2D eigenvalue weighted by atomic mass is 9.68. The van der Waals surface area contributed by atoms with Gasteiger partial charge in [0.15, 0.2) is 0 Å². The zero-order valence-corrected chi connectivity index (χ0v) is 7.86. The maximum atomic E-state index is 10.7. The Kier molecular flexibility index (Phi) is 5.15. The van der Waals surface area contributed by atoms with Gasteiger partial charge in [-0.05, 0) is 0 Å². The molecule has 0 saturated heterocycles. The number of rotatable bonds is 2. The normalized spacial score (nSPS) is 8.53. The quantitative estimate of drug-likeness (QED) is 0.574. The molecule has 0 atom stereocenters. The van der Waals surface area contributed by atoms with E-state index in [2.05, 4.69) is 5.16 Å². The highest BCUT2D eigenvalue weighted by atomic mass is 16.5. The average molecular weight is 208 g/mol. The SMILES string of the molecule is O.O.O=c1cc([B]c2ccccc2)o[nH]1. The summed E-state index contributed by atoms with van der Waals surface area (Å²) in [5, 5.41) is 2.23. The molecule has 0 spiro atoms. The summed E-state index contributed by atoms with van der Waals surface area (Å²) < 4.78 is 4.88. The van der Waals surface area contributed by atoms with Gasteiger partial charge in [-0.25, -0.2) is 0 Å². The van der Waals surface area contributed by atoms with Crippen LogP contribution in [0.25, 0.3) is 0 Å². The molecule has 0 aliphatic carbocycles. The van der Waals surface area contributed by atoms with Crippen molar-refractivity contribution in [3.63, 3.8) is 0 Å². The van der Waals surface area contributed by atoms with E-state index in [1.807, 2.05) is 30.3 Å². The smallest absolute Gasteiger partial charge is 0.279 e. The number of hydrogen-bond acceptors (Lipinski definition) is 2. The molecule has 0 unspecified atom stereocenters. The Hall–Kier alpha value is -1.79. The van der Waals surface area contributed by atoms with Crippen molar-refractivity contribution in [2.75, 3.05) is 0 Å². The van der Waals surface area contributed by atoms with Crippen molar-refractivity contribution in [3.8, 4) is 0 Å². The highest BCUT2D eigenvalue weighted by molar-refractivity contribution is 6.66. The number of aromatic amines is 1. The van der Waals surface area contributed by atoms with Crippen LogP contribution in [0.4, 0.5) is 0 Å². The van der Waals surface area contributed by atoms with Crippen LogP contribution < -0.4 is 16.7 Å². The van der Waals surface area contributed by atoms with E-state index in [0.717, 1.165) is 5.46 Å². The predicted octanol–water partition coefficient (Wildman–Crippen LogP) is -2.03. The highest BCUT2D eigenvalue weighted by Crippen LogP contribution is 1.81. The van der Waals surface area contributed by atoms with Crippen LogP contribution in [0.5, 0.6) is 0 Å². The Morgan fingerprint density at radius 3 is 2.33 bits per heavy atom. The van der Waals surface area contributed by atoms with Crippen LogP contribution in [0, 0.1) is 0 Å². The van der Waals surface area contributed by atoms with Gasteiger partial charge in [-0.1, -0.05) is 35.8 Å². The monoisotopic (exact) mass is 208 g/mol. The zero-order chi connectivity index (χ0) is 9.10. The fourth-order valence-corrected chi connectivity index (χ4v) is 1.08. The molecule has 1 aromatic carbocycles. The number of nitrogens with one attached hydrogen (secondary N) is 1. The van der Waals surface area contributed by atoms with Crippen molar-refractivity contribution in [1.82, 2.24) is 5.16 Å². The lowest BCUT2D eigenvalue weighted by Crippen LogP contribution is -2.25. The fraction of sp³-hybridized carbons (Fsp3) is 0. The van der Waals surface area contributed by atoms with Crippen LogP contribution >= 0.6 is 0 Å². The van der Waals surface area contributed by atoms with Crippen molar-refractivity contribution in [3.05, 3.63) is 46.8 Å². The first-order valence-electron chi connectivity index (χ1n) is 3.93. The maximum absolute atomic E-state index is 10.7. The Morgan fingerprint density at radius 2 is 1.80 bits per heavy atom. The zero-order valence-electron chi connectivity index (χ0n) is 7.86. The van der Waals surface area contributed by atoms with Crippen LogP contribution in [-0.4, -0.2) is 23.4 Å². The van der Waals surface area contributed by atoms with E-state index in [1.54, 1.807) is 7.28 Å². The maximum Gasteiger partial charge on any atom is 0.279 e. The first kappa shape index (κ1) is 13.2. The molecule has 0 amide bonds. The van der Waals surface area contributed by atoms with Gasteiger partial charge in [0.05, 0.1) is 5.66 Å². The van der Waals surface area contributed by atoms with Gasteiger partial charge in [0.2, 0.25) is 7.28 Å². The van der Waals surface area contributed by atoms with Crippen molar-refractivity contribution in [2.24, 2.45) is 0 Å². The van der Waals surface area contributed by atoms with Crippen LogP contribution in [0.1, 0.15) is 0 Å². The Bertz CT molecular complexity index is 437. The Balaban J connectivity index is 0.000000980. The third kappa shape index (κ3) is 3.45. The molecule has 1 radical (unpaired) electrons. The summed E-state index contributed by atoms with van der Waals surface area (Å²) in [5.74, 6) is 0. The second-order valence-electron chi connectivity index (χ2n) is 2.67. The number of H-pyrrole nitrogens is 1. The van der Waals surface area contributed by atoms with Crippen molar-refractivity contribution in [1.29, 1.82) is 0 Å². The molecular formula is C9H11BNO4. The molecule has 5 N–H and O–H groups in total. The summed E-state index contributed by atoms with van der Waals surface area (Å²) in [6.07, 6.45) is 0. The molecule has 2 rings (SSSR count). The largest absolute Gasteiger partial charge is 0.412 e. The van der Waals surface area contributed by atoms with Crippen LogP contribution in [0.3, 0.4) is 0 Å². The molecule has 2 aromatic rings. The summed E-state index contributed by atoms with van der Waals surface area (Å²) in [6.45, 7) is 0. The molecule has 1 heterocycles. The summed E-state index contributed by atoms with van der Waals surface area (Å²) >= 11 is 0. The molecule has 79 valence electrons. The van der Waals surface area contributed by atoms with E-state index < -0.39 is 0 Å². The number of hydrogen-bond donors (Lipinski definition) is 1. The van der Waals surface area contributed by atoms with Gasteiger partial charge >= 0.3 is 0 Å². The Labute approximate surface area is 86.6 Å².